The first-order valence-corrected chi connectivity index (χ1v) is 3.55. The average Bonchev–Trinajstić information content (AvgIpc) is 2.16. The highest BCUT2D eigenvalue weighted by molar-refractivity contribution is 5.88. The van der Waals surface area contributed by atoms with Crippen molar-refractivity contribution >= 4 is 5.97 Å². The molecule has 0 spiro atoms. The van der Waals surface area contributed by atoms with E-state index in [0.717, 1.165) is 0 Å². The molecule has 0 aliphatic carbocycles. The zero-order valence-corrected chi connectivity index (χ0v) is 7.40. The van der Waals surface area contributed by atoms with Crippen LogP contribution in [0.2, 0.25) is 0 Å². The Labute approximate surface area is 75.5 Å². The number of hydroxylamine groups is 2. The Kier molecular flexibility index (Phi) is 2.76. The molecule has 0 aromatic rings. The number of ether oxygens (including phenoxy) is 1. The van der Waals surface area contributed by atoms with Crippen LogP contribution in [-0.2, 0) is 14.4 Å². The first kappa shape index (κ1) is 9.40. The fourth-order valence-electron chi connectivity index (χ4n) is 0.905. The van der Waals surface area contributed by atoms with E-state index in [4.69, 9.17) is 10.6 Å². The molecule has 0 fully saturated rings. The Hall–Kier alpha value is -1.69. The van der Waals surface area contributed by atoms with Gasteiger partial charge in [-0.2, -0.15) is 0 Å². The maximum absolute atomic E-state index is 11.2. The van der Waals surface area contributed by atoms with Gasteiger partial charge in [-0.15, -0.1) is 0 Å². The van der Waals surface area contributed by atoms with Gasteiger partial charge in [0, 0.05) is 12.4 Å². The van der Waals surface area contributed by atoms with Gasteiger partial charge in [-0.05, 0) is 0 Å². The first-order chi connectivity index (χ1) is 6.20. The van der Waals surface area contributed by atoms with E-state index in [2.05, 4.69) is 10.1 Å². The molecule has 0 saturated carbocycles. The van der Waals surface area contributed by atoms with Crippen LogP contribution in [0.15, 0.2) is 23.9 Å². The van der Waals surface area contributed by atoms with E-state index in [1.807, 2.05) is 0 Å². The Morgan fingerprint density at radius 2 is 2.31 bits per heavy atom. The van der Waals surface area contributed by atoms with Crippen LogP contribution in [0.1, 0.15) is 0 Å². The molecule has 6 heteroatoms. The summed E-state index contributed by atoms with van der Waals surface area (Å²) in [5.41, 5.74) is 5.65. The van der Waals surface area contributed by atoms with Gasteiger partial charge < -0.3 is 15.8 Å². The monoisotopic (exact) mass is 185 g/mol. The highest BCUT2D eigenvalue weighted by atomic mass is 16.7. The molecule has 0 bridgehead atoms. The zero-order valence-electron chi connectivity index (χ0n) is 7.40. The number of hydrogen-bond donors (Lipinski definition) is 2. The summed E-state index contributed by atoms with van der Waals surface area (Å²) in [6.45, 7) is 0. The minimum Gasteiger partial charge on any atom is -0.464 e. The SMILES string of the molecule is COC(=O)C1=C(N)NC=CN1OC. The van der Waals surface area contributed by atoms with E-state index < -0.39 is 5.97 Å². The molecule has 1 rings (SSSR count). The molecule has 1 aliphatic heterocycles. The molecule has 0 atom stereocenters. The van der Waals surface area contributed by atoms with Gasteiger partial charge in [-0.1, -0.05) is 0 Å². The van der Waals surface area contributed by atoms with Gasteiger partial charge in [0.15, 0.2) is 5.70 Å². The molecule has 3 N–H and O–H groups in total. The molecule has 0 saturated heterocycles. The second-order valence-electron chi connectivity index (χ2n) is 2.22. The Bertz CT molecular complexity index is 272. The lowest BCUT2D eigenvalue weighted by Crippen LogP contribution is -2.34. The third-order valence-corrected chi connectivity index (χ3v) is 1.50. The topological polar surface area (TPSA) is 76.8 Å². The van der Waals surface area contributed by atoms with E-state index in [-0.39, 0.29) is 11.5 Å². The number of nitrogens with zero attached hydrogens (tertiary/aromatic N) is 1. The van der Waals surface area contributed by atoms with Crippen LogP contribution in [-0.4, -0.2) is 25.3 Å². The van der Waals surface area contributed by atoms with Crippen LogP contribution in [0.25, 0.3) is 0 Å². The van der Waals surface area contributed by atoms with Gasteiger partial charge in [0.2, 0.25) is 0 Å². The van der Waals surface area contributed by atoms with E-state index in [1.165, 1.54) is 25.5 Å². The number of rotatable bonds is 2. The van der Waals surface area contributed by atoms with E-state index >= 15 is 0 Å². The van der Waals surface area contributed by atoms with E-state index in [0.29, 0.717) is 0 Å². The van der Waals surface area contributed by atoms with Crippen molar-refractivity contribution in [3.8, 4) is 0 Å². The molecule has 13 heavy (non-hydrogen) atoms. The summed E-state index contributed by atoms with van der Waals surface area (Å²) in [4.78, 5) is 16.1. The molecule has 1 aliphatic rings. The summed E-state index contributed by atoms with van der Waals surface area (Å²) >= 11 is 0. The maximum Gasteiger partial charge on any atom is 0.360 e. The van der Waals surface area contributed by atoms with Gasteiger partial charge >= 0.3 is 5.97 Å². The normalized spacial score (nSPS) is 15.7. The summed E-state index contributed by atoms with van der Waals surface area (Å²) in [5, 5.41) is 3.89. The van der Waals surface area contributed by atoms with Crippen LogP contribution >= 0.6 is 0 Å². The predicted molar refractivity (Wildman–Crippen MR) is 44.4 cm³/mol. The third-order valence-electron chi connectivity index (χ3n) is 1.50. The highest BCUT2D eigenvalue weighted by Crippen LogP contribution is 2.12. The molecule has 72 valence electrons. The standard InChI is InChI=1S/C7H11N3O3/c1-12-7(11)5-6(8)9-3-4-10(5)13-2/h3-4,9H,8H2,1-2H3. The zero-order chi connectivity index (χ0) is 9.84. The molecular formula is C7H11N3O3. The number of esters is 1. The van der Waals surface area contributed by atoms with Crippen molar-refractivity contribution in [3.63, 3.8) is 0 Å². The fraction of sp³-hybridized carbons (Fsp3) is 0.286. The first-order valence-electron chi connectivity index (χ1n) is 3.55. The van der Waals surface area contributed by atoms with Crippen molar-refractivity contribution in [2.24, 2.45) is 5.73 Å². The van der Waals surface area contributed by atoms with Crippen LogP contribution in [0.3, 0.4) is 0 Å². The molecular weight excluding hydrogens is 174 g/mol. The maximum atomic E-state index is 11.2. The second-order valence-corrected chi connectivity index (χ2v) is 2.22. The van der Waals surface area contributed by atoms with Crippen molar-refractivity contribution in [1.29, 1.82) is 0 Å². The van der Waals surface area contributed by atoms with Gasteiger partial charge in [-0.3, -0.25) is 4.84 Å². The summed E-state index contributed by atoms with van der Waals surface area (Å²) in [6.07, 6.45) is 3.06. The van der Waals surface area contributed by atoms with Gasteiger partial charge in [0.1, 0.15) is 5.82 Å². The largest absolute Gasteiger partial charge is 0.464 e. The van der Waals surface area contributed by atoms with Crippen molar-refractivity contribution < 1.29 is 14.4 Å². The van der Waals surface area contributed by atoms with E-state index in [9.17, 15) is 4.79 Å². The van der Waals surface area contributed by atoms with Crippen LogP contribution < -0.4 is 11.1 Å². The number of nitrogens with two attached hydrogens (primary N) is 1. The molecule has 6 nitrogen and oxygen atoms in total. The van der Waals surface area contributed by atoms with Crippen molar-refractivity contribution in [1.82, 2.24) is 10.4 Å². The average molecular weight is 185 g/mol. The molecule has 1 heterocycles. The Balaban J connectivity index is 2.93. The predicted octanol–water partition coefficient (Wildman–Crippen LogP) is -0.775. The molecule has 0 aromatic heterocycles. The second kappa shape index (κ2) is 3.81. The minimum absolute atomic E-state index is 0.132. The smallest absolute Gasteiger partial charge is 0.360 e. The van der Waals surface area contributed by atoms with Gasteiger partial charge in [0.05, 0.1) is 14.2 Å². The molecule has 0 aromatic carbocycles. The highest BCUT2D eigenvalue weighted by Gasteiger charge is 2.22. The number of carbonyl (C=O) groups excluding carboxylic acids is 1. The number of carbonyl (C=O) groups is 1. The lowest BCUT2D eigenvalue weighted by atomic mass is 10.4. The van der Waals surface area contributed by atoms with Crippen LogP contribution in [0.4, 0.5) is 0 Å². The fourth-order valence-corrected chi connectivity index (χ4v) is 0.905. The number of hydrogen-bond acceptors (Lipinski definition) is 6. The molecule has 0 amide bonds. The van der Waals surface area contributed by atoms with E-state index in [1.54, 1.807) is 6.20 Å². The van der Waals surface area contributed by atoms with Crippen molar-refractivity contribution in [2.75, 3.05) is 14.2 Å². The molecule has 0 radical (unpaired) electrons. The Morgan fingerprint density at radius 1 is 1.62 bits per heavy atom. The minimum atomic E-state index is -0.559. The quantitative estimate of drug-likeness (QED) is 0.550. The molecule has 0 unspecified atom stereocenters. The van der Waals surface area contributed by atoms with Gasteiger partial charge in [-0.25, -0.2) is 9.86 Å². The summed E-state index contributed by atoms with van der Waals surface area (Å²) in [5.74, 6) is -0.368. The third kappa shape index (κ3) is 1.73. The van der Waals surface area contributed by atoms with Crippen molar-refractivity contribution in [2.45, 2.75) is 0 Å². The van der Waals surface area contributed by atoms with Crippen molar-refractivity contribution in [3.05, 3.63) is 23.9 Å². The van der Waals surface area contributed by atoms with Gasteiger partial charge in [0.25, 0.3) is 0 Å². The lowest BCUT2D eigenvalue weighted by Gasteiger charge is -2.23. The number of nitrogens with one attached hydrogen (secondary N) is 1. The lowest BCUT2D eigenvalue weighted by molar-refractivity contribution is -0.145. The summed E-state index contributed by atoms with van der Waals surface area (Å²) in [6, 6.07) is 0. The summed E-state index contributed by atoms with van der Waals surface area (Å²) < 4.78 is 4.52. The van der Waals surface area contributed by atoms with Crippen LogP contribution in [0.5, 0.6) is 0 Å². The Morgan fingerprint density at radius 3 is 2.85 bits per heavy atom. The summed E-state index contributed by atoms with van der Waals surface area (Å²) in [7, 11) is 2.70. The van der Waals surface area contributed by atoms with Crippen LogP contribution in [0, 0.1) is 0 Å². The number of methoxy groups -OCH3 is 1.